The van der Waals surface area contributed by atoms with E-state index in [-0.39, 0.29) is 0 Å². The monoisotopic (exact) mass is 279 g/mol. The maximum Gasteiger partial charge on any atom is 0.356 e. The van der Waals surface area contributed by atoms with Gasteiger partial charge in [0.05, 0.1) is 12.6 Å². The lowest BCUT2D eigenvalue weighted by atomic mass is 10.1. The number of pyridine rings is 1. The summed E-state index contributed by atoms with van der Waals surface area (Å²) in [6.07, 6.45) is 0. The van der Waals surface area contributed by atoms with E-state index in [2.05, 4.69) is 25.7 Å². The maximum absolute atomic E-state index is 11.4. The second-order valence-corrected chi connectivity index (χ2v) is 4.29. The molecule has 0 N–H and O–H groups in total. The average Bonchev–Trinajstić information content (AvgIpc) is 2.32. The van der Waals surface area contributed by atoms with E-state index < -0.39 is 5.97 Å². The first-order valence-electron chi connectivity index (χ1n) is 4.77. The van der Waals surface area contributed by atoms with Crippen molar-refractivity contribution in [2.75, 3.05) is 7.11 Å². The second kappa shape index (κ2) is 4.22. The topological polar surface area (TPSA) is 39.2 Å². The Morgan fingerprint density at radius 3 is 2.69 bits per heavy atom. The highest BCUT2D eigenvalue weighted by atomic mass is 79.9. The van der Waals surface area contributed by atoms with Crippen LogP contribution in [0, 0.1) is 6.92 Å². The molecular formula is C12H10BrNO2. The molecule has 0 radical (unpaired) electrons. The van der Waals surface area contributed by atoms with Gasteiger partial charge in [0, 0.05) is 9.86 Å². The van der Waals surface area contributed by atoms with Crippen LogP contribution in [-0.4, -0.2) is 18.1 Å². The second-order valence-electron chi connectivity index (χ2n) is 3.43. The van der Waals surface area contributed by atoms with Crippen molar-refractivity contribution in [1.29, 1.82) is 0 Å². The average molecular weight is 280 g/mol. The van der Waals surface area contributed by atoms with E-state index >= 15 is 0 Å². The van der Waals surface area contributed by atoms with Gasteiger partial charge in [0.1, 0.15) is 5.69 Å². The summed E-state index contributed by atoms with van der Waals surface area (Å²) in [6.45, 7) is 1.96. The van der Waals surface area contributed by atoms with Gasteiger partial charge in [0.2, 0.25) is 0 Å². The predicted molar refractivity (Wildman–Crippen MR) is 65.5 cm³/mol. The summed E-state index contributed by atoms with van der Waals surface area (Å²) in [4.78, 5) is 15.7. The number of aromatic nitrogens is 1. The largest absolute Gasteiger partial charge is 0.464 e. The van der Waals surface area contributed by atoms with Crippen molar-refractivity contribution in [3.05, 3.63) is 40.0 Å². The van der Waals surface area contributed by atoms with Gasteiger partial charge in [-0.2, -0.15) is 0 Å². The van der Waals surface area contributed by atoms with E-state index in [1.807, 2.05) is 25.1 Å². The summed E-state index contributed by atoms with van der Waals surface area (Å²) in [5.74, 6) is -0.415. The first kappa shape index (κ1) is 11.1. The van der Waals surface area contributed by atoms with Crippen LogP contribution in [0.2, 0.25) is 0 Å². The van der Waals surface area contributed by atoms with Crippen molar-refractivity contribution in [3.8, 4) is 0 Å². The molecule has 3 nitrogen and oxygen atoms in total. The molecule has 1 aromatic carbocycles. The number of carbonyl (C=O) groups is 1. The van der Waals surface area contributed by atoms with Gasteiger partial charge in [-0.3, -0.25) is 0 Å². The van der Waals surface area contributed by atoms with Crippen molar-refractivity contribution in [2.24, 2.45) is 0 Å². The van der Waals surface area contributed by atoms with E-state index in [0.717, 1.165) is 20.9 Å². The number of methoxy groups -OCH3 is 1. The summed E-state index contributed by atoms with van der Waals surface area (Å²) in [7, 11) is 1.35. The quantitative estimate of drug-likeness (QED) is 0.753. The molecule has 0 aliphatic heterocycles. The number of rotatable bonds is 1. The van der Waals surface area contributed by atoms with Crippen molar-refractivity contribution in [3.63, 3.8) is 0 Å². The molecule has 0 aliphatic rings. The zero-order valence-corrected chi connectivity index (χ0v) is 10.5. The van der Waals surface area contributed by atoms with Gasteiger partial charge in [-0.05, 0) is 24.6 Å². The van der Waals surface area contributed by atoms with Crippen LogP contribution in [0.1, 0.15) is 16.1 Å². The molecule has 0 fully saturated rings. The third kappa shape index (κ3) is 1.80. The molecular weight excluding hydrogens is 270 g/mol. The lowest BCUT2D eigenvalue weighted by Crippen LogP contribution is -2.04. The molecule has 1 aromatic heterocycles. The highest BCUT2D eigenvalue weighted by Gasteiger charge is 2.09. The van der Waals surface area contributed by atoms with Crippen molar-refractivity contribution < 1.29 is 9.53 Å². The van der Waals surface area contributed by atoms with Gasteiger partial charge >= 0.3 is 5.97 Å². The highest BCUT2D eigenvalue weighted by molar-refractivity contribution is 9.10. The van der Waals surface area contributed by atoms with Gasteiger partial charge in [-0.15, -0.1) is 0 Å². The fraction of sp³-hybridized carbons (Fsp3) is 0.167. The zero-order chi connectivity index (χ0) is 11.7. The number of fused-ring (bicyclic) bond motifs is 1. The summed E-state index contributed by atoms with van der Waals surface area (Å²) in [5, 5.41) is 1.01. The number of carbonyl (C=O) groups excluding carboxylic acids is 1. The van der Waals surface area contributed by atoms with Crippen molar-refractivity contribution in [1.82, 2.24) is 4.98 Å². The molecule has 0 saturated carbocycles. The number of benzene rings is 1. The molecule has 0 spiro atoms. The number of halogens is 1. The highest BCUT2D eigenvalue weighted by Crippen LogP contribution is 2.24. The Hall–Kier alpha value is -1.42. The number of ether oxygens (including phenoxy) is 1. The molecule has 0 atom stereocenters. The minimum atomic E-state index is -0.415. The van der Waals surface area contributed by atoms with Gasteiger partial charge in [-0.1, -0.05) is 28.1 Å². The summed E-state index contributed by atoms with van der Waals surface area (Å²) in [5.41, 5.74) is 2.16. The maximum atomic E-state index is 11.4. The molecule has 0 aliphatic carbocycles. The molecule has 4 heteroatoms. The first-order valence-corrected chi connectivity index (χ1v) is 5.57. The van der Waals surface area contributed by atoms with Gasteiger partial charge in [0.15, 0.2) is 0 Å². The van der Waals surface area contributed by atoms with Crippen LogP contribution in [0.15, 0.2) is 28.7 Å². The van der Waals surface area contributed by atoms with Crippen LogP contribution >= 0.6 is 15.9 Å². The zero-order valence-electron chi connectivity index (χ0n) is 8.95. The molecule has 16 heavy (non-hydrogen) atoms. The van der Waals surface area contributed by atoms with E-state index in [0.29, 0.717) is 5.69 Å². The Bertz CT molecular complexity index is 566. The molecule has 1 heterocycles. The molecule has 0 amide bonds. The summed E-state index contributed by atoms with van der Waals surface area (Å²) in [6, 6.07) is 7.47. The van der Waals surface area contributed by atoms with E-state index in [1.165, 1.54) is 7.11 Å². The summed E-state index contributed by atoms with van der Waals surface area (Å²) >= 11 is 3.44. The van der Waals surface area contributed by atoms with Crippen LogP contribution in [0.5, 0.6) is 0 Å². The molecule has 0 saturated heterocycles. The van der Waals surface area contributed by atoms with Crippen LogP contribution in [0.25, 0.3) is 10.9 Å². The van der Waals surface area contributed by atoms with E-state index in [9.17, 15) is 4.79 Å². The van der Waals surface area contributed by atoms with Gasteiger partial charge in [0.25, 0.3) is 0 Å². The standard InChI is InChI=1S/C12H10BrNO2/c1-7-9(13)5-3-8-4-6-10(12(15)16-2)14-11(7)8/h3-6H,1-2H3. The Morgan fingerprint density at radius 1 is 1.31 bits per heavy atom. The molecule has 82 valence electrons. The smallest absolute Gasteiger partial charge is 0.356 e. The van der Waals surface area contributed by atoms with Gasteiger partial charge in [-0.25, -0.2) is 9.78 Å². The fourth-order valence-corrected chi connectivity index (χ4v) is 1.84. The predicted octanol–water partition coefficient (Wildman–Crippen LogP) is 3.09. The van der Waals surface area contributed by atoms with Crippen LogP contribution < -0.4 is 0 Å². The SMILES string of the molecule is COC(=O)c1ccc2ccc(Br)c(C)c2n1. The minimum absolute atomic E-state index is 0.330. The number of hydrogen-bond acceptors (Lipinski definition) is 3. The molecule has 0 bridgehead atoms. The van der Waals surface area contributed by atoms with Crippen LogP contribution in [0.3, 0.4) is 0 Å². The van der Waals surface area contributed by atoms with Crippen LogP contribution in [-0.2, 0) is 4.74 Å². The Kier molecular flexibility index (Phi) is 2.92. The van der Waals surface area contributed by atoms with E-state index in [1.54, 1.807) is 6.07 Å². The Balaban J connectivity index is 2.69. The van der Waals surface area contributed by atoms with Crippen molar-refractivity contribution in [2.45, 2.75) is 6.92 Å². The number of hydrogen-bond donors (Lipinski definition) is 0. The molecule has 2 aromatic rings. The van der Waals surface area contributed by atoms with Gasteiger partial charge < -0.3 is 4.74 Å². The van der Waals surface area contributed by atoms with E-state index in [4.69, 9.17) is 0 Å². The Labute approximate surface area is 102 Å². The third-order valence-electron chi connectivity index (χ3n) is 2.44. The normalized spacial score (nSPS) is 10.4. The minimum Gasteiger partial charge on any atom is -0.464 e. The lowest BCUT2D eigenvalue weighted by Gasteiger charge is -2.05. The molecule has 0 unspecified atom stereocenters. The number of nitrogens with zero attached hydrogens (tertiary/aromatic N) is 1. The fourth-order valence-electron chi connectivity index (χ4n) is 1.52. The number of esters is 1. The summed E-state index contributed by atoms with van der Waals surface area (Å²) < 4.78 is 5.62. The number of aryl methyl sites for hydroxylation is 1. The molecule has 2 rings (SSSR count). The first-order chi connectivity index (χ1) is 7.63. The van der Waals surface area contributed by atoms with Crippen LogP contribution in [0.4, 0.5) is 0 Å². The Morgan fingerprint density at radius 2 is 2.00 bits per heavy atom. The third-order valence-corrected chi connectivity index (χ3v) is 3.30. The lowest BCUT2D eigenvalue weighted by molar-refractivity contribution is 0.0594. The van der Waals surface area contributed by atoms with Crippen molar-refractivity contribution >= 4 is 32.8 Å².